The van der Waals surface area contributed by atoms with Crippen LogP contribution >= 0.6 is 0 Å². The molecule has 0 aliphatic carbocycles. The van der Waals surface area contributed by atoms with Crippen LogP contribution in [0, 0.1) is 10.1 Å². The second kappa shape index (κ2) is 13.0. The SMILES string of the molecule is CS(=O)(=O)N(CCCC(=O)NCCOc1ccc(S(=O)(=O)N2CCCCC2)cc1)c1cccc([N+](=O)[O-])c1. The van der Waals surface area contributed by atoms with E-state index in [4.69, 9.17) is 4.74 Å². The number of carbonyl (C=O) groups is 1. The molecule has 3 rings (SSSR count). The van der Waals surface area contributed by atoms with E-state index in [1.54, 1.807) is 12.1 Å². The third-order valence-electron chi connectivity index (χ3n) is 5.96. The number of sulfonamides is 2. The Labute approximate surface area is 222 Å². The Kier molecular flexibility index (Phi) is 10.1. The maximum Gasteiger partial charge on any atom is 0.271 e. The molecule has 0 spiro atoms. The van der Waals surface area contributed by atoms with Crippen molar-refractivity contribution in [2.24, 2.45) is 0 Å². The molecule has 0 atom stereocenters. The third-order valence-corrected chi connectivity index (χ3v) is 9.07. The second-order valence-corrected chi connectivity index (χ2v) is 12.7. The van der Waals surface area contributed by atoms with Gasteiger partial charge in [-0.1, -0.05) is 12.5 Å². The normalized spacial score (nSPS) is 14.6. The van der Waals surface area contributed by atoms with Gasteiger partial charge in [-0.25, -0.2) is 16.8 Å². The minimum atomic E-state index is -3.71. The van der Waals surface area contributed by atoms with Gasteiger partial charge in [-0.2, -0.15) is 4.31 Å². The number of anilines is 1. The van der Waals surface area contributed by atoms with Gasteiger partial charge in [0.25, 0.3) is 5.69 Å². The maximum atomic E-state index is 12.7. The Hall–Kier alpha value is -3.23. The summed E-state index contributed by atoms with van der Waals surface area (Å²) in [6, 6.07) is 11.5. The number of nitrogens with zero attached hydrogens (tertiary/aromatic N) is 3. The molecule has 1 aliphatic heterocycles. The van der Waals surface area contributed by atoms with Crippen molar-refractivity contribution in [2.45, 2.75) is 37.0 Å². The van der Waals surface area contributed by atoms with Crippen LogP contribution in [0.2, 0.25) is 0 Å². The van der Waals surface area contributed by atoms with Crippen molar-refractivity contribution in [3.63, 3.8) is 0 Å². The zero-order chi connectivity index (χ0) is 27.8. The van der Waals surface area contributed by atoms with E-state index in [1.807, 2.05) is 0 Å². The second-order valence-electron chi connectivity index (χ2n) is 8.85. The van der Waals surface area contributed by atoms with E-state index in [-0.39, 0.29) is 54.7 Å². The first-order chi connectivity index (χ1) is 18.0. The van der Waals surface area contributed by atoms with Crippen molar-refractivity contribution >= 4 is 37.3 Å². The maximum absolute atomic E-state index is 12.7. The van der Waals surface area contributed by atoms with E-state index in [0.717, 1.165) is 29.8 Å². The molecule has 0 saturated carbocycles. The van der Waals surface area contributed by atoms with Crippen molar-refractivity contribution < 1.29 is 31.3 Å². The number of rotatable bonds is 13. The Morgan fingerprint density at radius 2 is 1.76 bits per heavy atom. The predicted molar refractivity (Wildman–Crippen MR) is 142 cm³/mol. The van der Waals surface area contributed by atoms with Gasteiger partial charge in [0, 0.05) is 38.2 Å². The minimum Gasteiger partial charge on any atom is -0.492 e. The number of piperidine rings is 1. The number of hydrogen-bond acceptors (Lipinski definition) is 8. The molecule has 12 nitrogen and oxygen atoms in total. The molecule has 38 heavy (non-hydrogen) atoms. The topological polar surface area (TPSA) is 156 Å². The highest BCUT2D eigenvalue weighted by molar-refractivity contribution is 7.92. The van der Waals surface area contributed by atoms with Crippen LogP contribution < -0.4 is 14.4 Å². The van der Waals surface area contributed by atoms with Gasteiger partial charge in [-0.05, 0) is 49.6 Å². The van der Waals surface area contributed by atoms with Crippen molar-refractivity contribution in [3.8, 4) is 5.75 Å². The van der Waals surface area contributed by atoms with Crippen molar-refractivity contribution in [2.75, 3.05) is 43.3 Å². The summed E-state index contributed by atoms with van der Waals surface area (Å²) in [5.41, 5.74) is -0.0718. The molecule has 1 fully saturated rings. The van der Waals surface area contributed by atoms with E-state index >= 15 is 0 Å². The quantitative estimate of drug-likeness (QED) is 0.219. The van der Waals surface area contributed by atoms with Crippen LogP contribution in [-0.2, 0) is 24.8 Å². The van der Waals surface area contributed by atoms with Crippen molar-refractivity contribution in [1.82, 2.24) is 9.62 Å². The summed E-state index contributed by atoms with van der Waals surface area (Å²) in [7, 11) is -7.22. The summed E-state index contributed by atoms with van der Waals surface area (Å²) < 4.78 is 57.9. The lowest BCUT2D eigenvalue weighted by Crippen LogP contribution is -2.35. The number of non-ortho nitro benzene ring substituents is 1. The number of carbonyl (C=O) groups excluding carboxylic acids is 1. The zero-order valence-electron chi connectivity index (χ0n) is 21.1. The first-order valence-electron chi connectivity index (χ1n) is 12.2. The van der Waals surface area contributed by atoms with Gasteiger partial charge >= 0.3 is 0 Å². The van der Waals surface area contributed by atoms with E-state index < -0.39 is 25.0 Å². The third kappa shape index (κ3) is 8.13. The first-order valence-corrected chi connectivity index (χ1v) is 15.5. The van der Waals surface area contributed by atoms with Gasteiger partial charge in [0.15, 0.2) is 0 Å². The Balaban J connectivity index is 1.42. The van der Waals surface area contributed by atoms with Crippen LogP contribution in [0.1, 0.15) is 32.1 Å². The van der Waals surface area contributed by atoms with Crippen molar-refractivity contribution in [1.29, 1.82) is 0 Å². The Bertz CT molecular complexity index is 1330. The number of nitro groups is 1. The predicted octanol–water partition coefficient (Wildman–Crippen LogP) is 2.51. The highest BCUT2D eigenvalue weighted by Crippen LogP contribution is 2.24. The highest BCUT2D eigenvalue weighted by Gasteiger charge is 2.25. The van der Waals surface area contributed by atoms with Gasteiger partial charge in [0.1, 0.15) is 12.4 Å². The lowest BCUT2D eigenvalue weighted by Gasteiger charge is -2.25. The molecule has 14 heteroatoms. The lowest BCUT2D eigenvalue weighted by atomic mass is 10.2. The van der Waals surface area contributed by atoms with Gasteiger partial charge in [-0.15, -0.1) is 0 Å². The van der Waals surface area contributed by atoms with Gasteiger partial charge < -0.3 is 10.1 Å². The number of nitrogens with one attached hydrogen (secondary N) is 1. The molecule has 2 aromatic rings. The van der Waals surface area contributed by atoms with Crippen LogP contribution in [0.3, 0.4) is 0 Å². The van der Waals surface area contributed by atoms with Crippen molar-refractivity contribution in [3.05, 3.63) is 58.6 Å². The fourth-order valence-electron chi connectivity index (χ4n) is 4.04. The Morgan fingerprint density at radius 3 is 2.39 bits per heavy atom. The summed E-state index contributed by atoms with van der Waals surface area (Å²) in [4.78, 5) is 22.8. The van der Waals surface area contributed by atoms with Crippen LogP contribution in [0.15, 0.2) is 53.4 Å². The van der Waals surface area contributed by atoms with E-state index in [2.05, 4.69) is 5.32 Å². The van der Waals surface area contributed by atoms with Crippen LogP contribution in [0.25, 0.3) is 0 Å². The van der Waals surface area contributed by atoms with Gasteiger partial charge in [-0.3, -0.25) is 19.2 Å². The van der Waals surface area contributed by atoms with Crippen LogP contribution in [-0.4, -0.2) is 71.0 Å². The molecule has 1 N–H and O–H groups in total. The van der Waals surface area contributed by atoms with Gasteiger partial charge in [0.2, 0.25) is 26.0 Å². The molecule has 1 saturated heterocycles. The summed E-state index contributed by atoms with van der Waals surface area (Å²) in [6.45, 7) is 1.40. The molecule has 1 amide bonds. The summed E-state index contributed by atoms with van der Waals surface area (Å²) in [6.07, 6.45) is 4.01. The average molecular weight is 569 g/mol. The minimum absolute atomic E-state index is 0.0173. The van der Waals surface area contributed by atoms with Crippen LogP contribution in [0.5, 0.6) is 5.75 Å². The molecule has 0 aromatic heterocycles. The number of amides is 1. The summed E-state index contributed by atoms with van der Waals surface area (Å²) in [5.74, 6) is 0.168. The van der Waals surface area contributed by atoms with Crippen LogP contribution in [0.4, 0.5) is 11.4 Å². The molecule has 0 radical (unpaired) electrons. The number of benzene rings is 2. The number of ether oxygens (including phenoxy) is 1. The molecular formula is C24H32N4O8S2. The molecule has 0 unspecified atom stereocenters. The number of hydrogen-bond donors (Lipinski definition) is 1. The largest absolute Gasteiger partial charge is 0.492 e. The standard InChI is InChI=1S/C24H32N4O8S2/c1-37(32,33)27(20-7-5-8-21(19-20)28(30)31)17-6-9-24(29)25-14-18-36-22-10-12-23(13-11-22)38(34,35)26-15-3-2-4-16-26/h5,7-8,10-13,19H,2-4,6,9,14-18H2,1H3,(H,25,29). The molecule has 1 heterocycles. The van der Waals surface area contributed by atoms with Gasteiger partial charge in [0.05, 0.1) is 28.3 Å². The average Bonchev–Trinajstić information content (AvgIpc) is 2.89. The molecule has 0 bridgehead atoms. The monoisotopic (exact) mass is 568 g/mol. The molecule has 1 aliphatic rings. The zero-order valence-corrected chi connectivity index (χ0v) is 22.7. The van der Waals surface area contributed by atoms with E-state index in [0.29, 0.717) is 18.8 Å². The smallest absolute Gasteiger partial charge is 0.271 e. The fraction of sp³-hybridized carbons (Fsp3) is 0.458. The first kappa shape index (κ1) is 29.3. The number of nitro benzene ring substituents is 1. The highest BCUT2D eigenvalue weighted by atomic mass is 32.2. The molecular weight excluding hydrogens is 536 g/mol. The summed E-state index contributed by atoms with van der Waals surface area (Å²) in [5, 5.41) is 13.7. The molecule has 2 aromatic carbocycles. The summed E-state index contributed by atoms with van der Waals surface area (Å²) >= 11 is 0. The van der Waals surface area contributed by atoms with E-state index in [9.17, 15) is 31.7 Å². The molecule has 208 valence electrons. The fourth-order valence-corrected chi connectivity index (χ4v) is 6.52. The lowest BCUT2D eigenvalue weighted by molar-refractivity contribution is -0.384. The van der Waals surface area contributed by atoms with E-state index in [1.165, 1.54) is 40.7 Å². The Morgan fingerprint density at radius 1 is 1.08 bits per heavy atom.